The minimum atomic E-state index is -0.613. The van der Waals surface area contributed by atoms with Crippen molar-refractivity contribution in [2.24, 2.45) is 0 Å². The van der Waals surface area contributed by atoms with Crippen LogP contribution in [0.15, 0.2) is 42.5 Å². The highest BCUT2D eigenvalue weighted by molar-refractivity contribution is 6.30. The normalized spacial score (nSPS) is 10.8. The summed E-state index contributed by atoms with van der Waals surface area (Å²) >= 11 is 5.81. The van der Waals surface area contributed by atoms with Crippen LogP contribution in [-0.4, -0.2) is 26.3 Å². The minimum Gasteiger partial charge on any atom is -0.494 e. The summed E-state index contributed by atoms with van der Waals surface area (Å²) in [5.74, 6) is -1.64. The number of hydrogen-bond donors (Lipinski definition) is 1. The molecule has 0 spiro atoms. The number of halogens is 1. The van der Waals surface area contributed by atoms with Gasteiger partial charge < -0.3 is 5.11 Å². The minimum absolute atomic E-state index is 0.127. The number of aromatic hydroxyl groups is 1. The van der Waals surface area contributed by atoms with Crippen molar-refractivity contribution >= 4 is 39.9 Å². The lowest BCUT2D eigenvalue weighted by Crippen LogP contribution is -2.06. The standard InChI is InChI=1S/C17H11ClN2O5/c1-9(21)19-14-7-6-12(20(24)25)8-13(14)15(17(19)23)16(22)10-2-4-11(18)5-3-10/h2-8,23H,1H3. The number of ketones is 1. The Balaban J connectivity index is 2.32. The van der Waals surface area contributed by atoms with Gasteiger partial charge in [0, 0.05) is 35.0 Å². The number of rotatable bonds is 3. The van der Waals surface area contributed by atoms with Crippen LogP contribution in [0.5, 0.6) is 5.88 Å². The fourth-order valence-electron chi connectivity index (χ4n) is 2.67. The molecule has 2 aromatic carbocycles. The van der Waals surface area contributed by atoms with E-state index < -0.39 is 22.5 Å². The molecule has 0 atom stereocenters. The van der Waals surface area contributed by atoms with E-state index in [9.17, 15) is 24.8 Å². The Morgan fingerprint density at radius 3 is 2.36 bits per heavy atom. The van der Waals surface area contributed by atoms with E-state index in [4.69, 9.17) is 11.6 Å². The fourth-order valence-corrected chi connectivity index (χ4v) is 2.79. The van der Waals surface area contributed by atoms with Gasteiger partial charge >= 0.3 is 0 Å². The highest BCUT2D eigenvalue weighted by Gasteiger charge is 2.26. The van der Waals surface area contributed by atoms with E-state index in [1.165, 1.54) is 43.3 Å². The molecule has 0 fully saturated rings. The summed E-state index contributed by atoms with van der Waals surface area (Å²) in [5, 5.41) is 22.0. The summed E-state index contributed by atoms with van der Waals surface area (Å²) in [6.07, 6.45) is 0. The summed E-state index contributed by atoms with van der Waals surface area (Å²) in [6, 6.07) is 9.66. The van der Waals surface area contributed by atoms with Gasteiger partial charge in [0.2, 0.25) is 11.8 Å². The molecular formula is C17H11ClN2O5. The number of nitrogens with zero attached hydrogens (tertiary/aromatic N) is 2. The summed E-state index contributed by atoms with van der Waals surface area (Å²) in [5.41, 5.74) is 0.0244. The van der Waals surface area contributed by atoms with Gasteiger partial charge in [-0.25, -0.2) is 0 Å². The lowest BCUT2D eigenvalue weighted by Gasteiger charge is -2.02. The molecule has 1 aromatic heterocycles. The summed E-state index contributed by atoms with van der Waals surface area (Å²) in [6.45, 7) is 1.22. The first kappa shape index (κ1) is 16.7. The fraction of sp³-hybridized carbons (Fsp3) is 0.0588. The molecule has 1 N–H and O–H groups in total. The van der Waals surface area contributed by atoms with Crippen LogP contribution in [0.2, 0.25) is 5.02 Å². The van der Waals surface area contributed by atoms with Crippen LogP contribution >= 0.6 is 11.6 Å². The second-order valence-electron chi connectivity index (χ2n) is 5.35. The van der Waals surface area contributed by atoms with E-state index in [0.717, 1.165) is 10.6 Å². The highest BCUT2D eigenvalue weighted by Crippen LogP contribution is 2.35. The number of carbonyl (C=O) groups excluding carboxylic acids is 2. The van der Waals surface area contributed by atoms with Crippen molar-refractivity contribution in [1.29, 1.82) is 0 Å². The maximum atomic E-state index is 12.8. The number of nitro benzene ring substituents is 1. The number of fused-ring (bicyclic) bond motifs is 1. The molecule has 0 aliphatic rings. The maximum Gasteiger partial charge on any atom is 0.270 e. The second-order valence-corrected chi connectivity index (χ2v) is 5.78. The number of hydrogen-bond acceptors (Lipinski definition) is 5. The van der Waals surface area contributed by atoms with E-state index in [1.54, 1.807) is 0 Å². The number of nitro groups is 1. The lowest BCUT2D eigenvalue weighted by atomic mass is 10.0. The predicted octanol–water partition coefficient (Wildman–Crippen LogP) is 3.80. The van der Waals surface area contributed by atoms with Crippen LogP contribution in [0.3, 0.4) is 0 Å². The molecule has 3 aromatic rings. The Bertz CT molecular complexity index is 1040. The van der Waals surface area contributed by atoms with Gasteiger partial charge in [-0.15, -0.1) is 0 Å². The highest BCUT2D eigenvalue weighted by atomic mass is 35.5. The monoisotopic (exact) mass is 358 g/mol. The molecule has 0 amide bonds. The van der Waals surface area contributed by atoms with Gasteiger partial charge in [-0.05, 0) is 30.3 Å². The third kappa shape index (κ3) is 2.74. The van der Waals surface area contributed by atoms with Gasteiger partial charge in [-0.1, -0.05) is 11.6 Å². The van der Waals surface area contributed by atoms with Gasteiger partial charge in [-0.2, -0.15) is 0 Å². The Labute approximate surface area is 146 Å². The van der Waals surface area contributed by atoms with Crippen molar-refractivity contribution in [2.45, 2.75) is 6.92 Å². The van der Waals surface area contributed by atoms with Crippen LogP contribution in [0.1, 0.15) is 27.6 Å². The zero-order valence-corrected chi connectivity index (χ0v) is 13.6. The molecule has 0 bridgehead atoms. The van der Waals surface area contributed by atoms with Crippen molar-refractivity contribution < 1.29 is 19.6 Å². The van der Waals surface area contributed by atoms with E-state index in [2.05, 4.69) is 0 Å². The van der Waals surface area contributed by atoms with Crippen molar-refractivity contribution in [2.75, 3.05) is 0 Å². The zero-order valence-electron chi connectivity index (χ0n) is 12.9. The first-order valence-corrected chi connectivity index (χ1v) is 7.52. The Morgan fingerprint density at radius 2 is 1.80 bits per heavy atom. The lowest BCUT2D eigenvalue weighted by molar-refractivity contribution is -0.384. The van der Waals surface area contributed by atoms with Crippen LogP contribution in [0.4, 0.5) is 5.69 Å². The molecule has 3 rings (SSSR count). The van der Waals surface area contributed by atoms with E-state index in [1.807, 2.05) is 0 Å². The zero-order chi connectivity index (χ0) is 18.3. The van der Waals surface area contributed by atoms with Gasteiger partial charge in [-0.3, -0.25) is 24.3 Å². The Morgan fingerprint density at radius 1 is 1.16 bits per heavy atom. The summed E-state index contributed by atoms with van der Waals surface area (Å²) in [4.78, 5) is 35.1. The molecule has 1 heterocycles. The quantitative estimate of drug-likeness (QED) is 0.436. The average molecular weight is 359 g/mol. The van der Waals surface area contributed by atoms with Gasteiger partial charge in [0.1, 0.15) is 0 Å². The first-order valence-electron chi connectivity index (χ1n) is 7.14. The van der Waals surface area contributed by atoms with Gasteiger partial charge in [0.05, 0.1) is 16.0 Å². The summed E-state index contributed by atoms with van der Waals surface area (Å²) < 4.78 is 0.947. The Hall–Kier alpha value is -3.19. The first-order chi connectivity index (χ1) is 11.8. The molecular weight excluding hydrogens is 348 g/mol. The predicted molar refractivity (Wildman–Crippen MR) is 91.4 cm³/mol. The largest absolute Gasteiger partial charge is 0.494 e. The van der Waals surface area contributed by atoms with Crippen LogP contribution in [0, 0.1) is 10.1 Å². The molecule has 0 aliphatic heterocycles. The van der Waals surface area contributed by atoms with E-state index in [-0.39, 0.29) is 27.7 Å². The number of non-ortho nitro benzene ring substituents is 1. The number of aromatic nitrogens is 1. The maximum absolute atomic E-state index is 12.8. The van der Waals surface area contributed by atoms with Crippen LogP contribution in [-0.2, 0) is 0 Å². The third-order valence-corrected chi connectivity index (χ3v) is 4.04. The average Bonchev–Trinajstić information content (AvgIpc) is 2.85. The molecule has 0 saturated carbocycles. The van der Waals surface area contributed by atoms with Gasteiger partial charge in [0.15, 0.2) is 5.78 Å². The van der Waals surface area contributed by atoms with Crippen LogP contribution < -0.4 is 0 Å². The number of benzene rings is 2. The van der Waals surface area contributed by atoms with Gasteiger partial charge in [0.25, 0.3) is 5.69 Å². The van der Waals surface area contributed by atoms with Crippen molar-refractivity contribution in [3.8, 4) is 5.88 Å². The van der Waals surface area contributed by atoms with Crippen molar-refractivity contribution in [3.63, 3.8) is 0 Å². The van der Waals surface area contributed by atoms with Crippen LogP contribution in [0.25, 0.3) is 10.9 Å². The third-order valence-electron chi connectivity index (χ3n) is 3.78. The molecule has 0 unspecified atom stereocenters. The SMILES string of the molecule is CC(=O)n1c(O)c(C(=O)c2ccc(Cl)cc2)c2cc([N+](=O)[O-])ccc21. The molecule has 7 nitrogen and oxygen atoms in total. The molecule has 126 valence electrons. The molecule has 0 radical (unpaired) electrons. The Kier molecular flexibility index (Phi) is 4.02. The molecule has 0 saturated heterocycles. The van der Waals surface area contributed by atoms with Crippen molar-refractivity contribution in [3.05, 3.63) is 68.7 Å². The van der Waals surface area contributed by atoms with Crippen molar-refractivity contribution in [1.82, 2.24) is 4.57 Å². The topological polar surface area (TPSA) is 102 Å². The smallest absolute Gasteiger partial charge is 0.270 e. The summed E-state index contributed by atoms with van der Waals surface area (Å²) in [7, 11) is 0. The molecule has 8 heteroatoms. The van der Waals surface area contributed by atoms with E-state index in [0.29, 0.717) is 5.02 Å². The number of carbonyl (C=O) groups is 2. The second kappa shape index (κ2) is 6.03. The molecule has 25 heavy (non-hydrogen) atoms. The molecule has 0 aliphatic carbocycles. The van der Waals surface area contributed by atoms with E-state index >= 15 is 0 Å².